The molecule has 1 atom stereocenters. The van der Waals surface area contributed by atoms with Crippen molar-refractivity contribution >= 4 is 0 Å². The van der Waals surface area contributed by atoms with Gasteiger partial charge in [0.15, 0.2) is 6.29 Å². The van der Waals surface area contributed by atoms with Gasteiger partial charge in [-0.25, -0.2) is 0 Å². The molecule has 0 heterocycles. The Hall–Kier alpha value is -0.520. The van der Waals surface area contributed by atoms with Crippen LogP contribution < -0.4 is 0 Å². The fraction of sp³-hybridized carbons (Fsp3) is 0.800. The van der Waals surface area contributed by atoms with E-state index in [1.54, 1.807) is 0 Å². The lowest BCUT2D eigenvalue weighted by Crippen LogP contribution is -2.25. The van der Waals surface area contributed by atoms with E-state index in [9.17, 15) is 0 Å². The minimum Gasteiger partial charge on any atom is -0.353 e. The van der Waals surface area contributed by atoms with Gasteiger partial charge in [-0.3, -0.25) is 0 Å². The maximum atomic E-state index is 5.38. The van der Waals surface area contributed by atoms with Crippen LogP contribution in [0.15, 0.2) is 0 Å². The Labute approximate surface area is 75.3 Å². The van der Waals surface area contributed by atoms with Gasteiger partial charge in [-0.2, -0.15) is 0 Å². The summed E-state index contributed by atoms with van der Waals surface area (Å²) in [7, 11) is 0. The molecule has 0 aromatic carbocycles. The summed E-state index contributed by atoms with van der Waals surface area (Å²) in [5, 5.41) is 0. The predicted octanol–water partition coefficient (Wildman–Crippen LogP) is 2.04. The van der Waals surface area contributed by atoms with Crippen molar-refractivity contribution in [3.05, 3.63) is 0 Å². The van der Waals surface area contributed by atoms with E-state index < -0.39 is 0 Å². The summed E-state index contributed by atoms with van der Waals surface area (Å²) in [5.41, 5.74) is 0. The summed E-state index contributed by atoms with van der Waals surface area (Å²) in [5.74, 6) is 2.88. The molecule has 0 aliphatic carbocycles. The third kappa shape index (κ3) is 4.38. The second-order valence-electron chi connectivity index (χ2n) is 2.66. The van der Waals surface area contributed by atoms with Crippen molar-refractivity contribution in [2.45, 2.75) is 33.5 Å². The smallest absolute Gasteiger partial charge is 0.160 e. The molecule has 0 amide bonds. The first-order valence-electron chi connectivity index (χ1n) is 4.42. The quantitative estimate of drug-likeness (QED) is 0.448. The molecule has 0 saturated carbocycles. The van der Waals surface area contributed by atoms with E-state index in [1.807, 2.05) is 20.8 Å². The van der Waals surface area contributed by atoms with Crippen LogP contribution in [-0.4, -0.2) is 19.5 Å². The molecule has 70 valence electrons. The normalized spacial score (nSPS) is 12.9. The molecule has 2 heteroatoms. The van der Waals surface area contributed by atoms with Crippen molar-refractivity contribution in [2.75, 3.05) is 13.2 Å². The van der Waals surface area contributed by atoms with E-state index in [2.05, 4.69) is 5.92 Å². The van der Waals surface area contributed by atoms with Gasteiger partial charge in [0.05, 0.1) is 0 Å². The first-order chi connectivity index (χ1) is 5.76. The maximum absolute atomic E-state index is 5.38. The molecule has 0 aliphatic heterocycles. The Bertz CT molecular complexity index is 131. The second kappa shape index (κ2) is 7.15. The Morgan fingerprint density at radius 3 is 2.08 bits per heavy atom. The van der Waals surface area contributed by atoms with Crippen LogP contribution in [0.5, 0.6) is 0 Å². The zero-order valence-electron chi connectivity index (χ0n) is 8.17. The van der Waals surface area contributed by atoms with Gasteiger partial charge in [0.25, 0.3) is 0 Å². The monoisotopic (exact) mass is 170 g/mol. The fourth-order valence-corrected chi connectivity index (χ4v) is 0.987. The molecule has 0 aromatic heterocycles. The van der Waals surface area contributed by atoms with E-state index >= 15 is 0 Å². The van der Waals surface area contributed by atoms with E-state index in [4.69, 9.17) is 15.9 Å². The van der Waals surface area contributed by atoms with Crippen LogP contribution in [0.1, 0.15) is 27.2 Å². The van der Waals surface area contributed by atoms with Gasteiger partial charge >= 0.3 is 0 Å². The van der Waals surface area contributed by atoms with Crippen LogP contribution in [0.4, 0.5) is 0 Å². The first kappa shape index (κ1) is 11.5. The average molecular weight is 170 g/mol. The van der Waals surface area contributed by atoms with Crippen molar-refractivity contribution in [1.29, 1.82) is 0 Å². The third-order valence-electron chi connectivity index (χ3n) is 1.57. The molecular formula is C10H18O2. The molecule has 0 aromatic rings. The van der Waals surface area contributed by atoms with Crippen LogP contribution in [0.2, 0.25) is 0 Å². The highest BCUT2D eigenvalue weighted by Gasteiger charge is 2.15. The van der Waals surface area contributed by atoms with Crippen molar-refractivity contribution in [3.8, 4) is 12.3 Å². The van der Waals surface area contributed by atoms with Crippen molar-refractivity contribution in [3.63, 3.8) is 0 Å². The first-order valence-corrected chi connectivity index (χ1v) is 4.42. The van der Waals surface area contributed by atoms with Crippen LogP contribution in [0, 0.1) is 18.3 Å². The number of terminal acetylenes is 1. The highest BCUT2D eigenvalue weighted by molar-refractivity contribution is 4.86. The summed E-state index contributed by atoms with van der Waals surface area (Å²) in [6.07, 6.45) is 5.75. The molecule has 12 heavy (non-hydrogen) atoms. The molecule has 0 N–H and O–H groups in total. The molecule has 0 radical (unpaired) electrons. The molecule has 0 fully saturated rings. The van der Waals surface area contributed by atoms with E-state index in [1.165, 1.54) is 0 Å². The standard InChI is InChI=1S/C10H18O2/c1-5-8-9(4)10(11-6-2)12-7-3/h1,9-10H,6-8H2,2-4H3. The van der Waals surface area contributed by atoms with E-state index in [-0.39, 0.29) is 12.2 Å². The Kier molecular flexibility index (Phi) is 6.84. The lowest BCUT2D eigenvalue weighted by Gasteiger charge is -2.21. The van der Waals surface area contributed by atoms with Crippen LogP contribution in [-0.2, 0) is 9.47 Å². The van der Waals surface area contributed by atoms with Crippen molar-refractivity contribution in [2.24, 2.45) is 5.92 Å². The summed E-state index contributed by atoms with van der Waals surface area (Å²) >= 11 is 0. The van der Waals surface area contributed by atoms with Gasteiger partial charge in [0.1, 0.15) is 0 Å². The zero-order valence-corrected chi connectivity index (χ0v) is 8.17. The number of hydrogen-bond donors (Lipinski definition) is 0. The lowest BCUT2D eigenvalue weighted by atomic mass is 10.1. The topological polar surface area (TPSA) is 18.5 Å². The highest BCUT2D eigenvalue weighted by Crippen LogP contribution is 2.12. The van der Waals surface area contributed by atoms with Gasteiger partial charge in [-0.05, 0) is 13.8 Å². The largest absolute Gasteiger partial charge is 0.353 e. The number of ether oxygens (including phenoxy) is 2. The second-order valence-corrected chi connectivity index (χ2v) is 2.66. The summed E-state index contributed by atoms with van der Waals surface area (Å²) in [6.45, 7) is 7.28. The minimum atomic E-state index is -0.143. The molecule has 0 bridgehead atoms. The molecule has 0 spiro atoms. The lowest BCUT2D eigenvalue weighted by molar-refractivity contribution is -0.162. The molecular weight excluding hydrogens is 152 g/mol. The van der Waals surface area contributed by atoms with Gasteiger partial charge < -0.3 is 9.47 Å². The van der Waals surface area contributed by atoms with Gasteiger partial charge in [-0.15, -0.1) is 12.3 Å². The van der Waals surface area contributed by atoms with Crippen molar-refractivity contribution in [1.82, 2.24) is 0 Å². The molecule has 0 aliphatic rings. The fourth-order valence-electron chi connectivity index (χ4n) is 0.987. The van der Waals surface area contributed by atoms with E-state index in [0.717, 1.165) is 0 Å². The summed E-state index contributed by atoms with van der Waals surface area (Å²) < 4.78 is 10.8. The Morgan fingerprint density at radius 1 is 1.25 bits per heavy atom. The molecule has 0 rings (SSSR count). The van der Waals surface area contributed by atoms with Crippen LogP contribution in [0.25, 0.3) is 0 Å². The zero-order chi connectivity index (χ0) is 9.40. The molecule has 2 nitrogen and oxygen atoms in total. The summed E-state index contributed by atoms with van der Waals surface area (Å²) in [4.78, 5) is 0. The number of rotatable bonds is 6. The minimum absolute atomic E-state index is 0.143. The van der Waals surface area contributed by atoms with E-state index in [0.29, 0.717) is 19.6 Å². The van der Waals surface area contributed by atoms with Gasteiger partial charge in [-0.1, -0.05) is 6.92 Å². The predicted molar refractivity (Wildman–Crippen MR) is 49.7 cm³/mol. The van der Waals surface area contributed by atoms with Crippen molar-refractivity contribution < 1.29 is 9.47 Å². The van der Waals surface area contributed by atoms with Gasteiger partial charge in [0.2, 0.25) is 0 Å². The maximum Gasteiger partial charge on any atom is 0.160 e. The molecule has 0 saturated heterocycles. The highest BCUT2D eigenvalue weighted by atomic mass is 16.7. The number of hydrogen-bond acceptors (Lipinski definition) is 2. The van der Waals surface area contributed by atoms with Gasteiger partial charge in [0, 0.05) is 25.6 Å². The van der Waals surface area contributed by atoms with Crippen LogP contribution >= 0.6 is 0 Å². The summed E-state index contributed by atoms with van der Waals surface area (Å²) in [6, 6.07) is 0. The average Bonchev–Trinajstić information content (AvgIpc) is 2.04. The van der Waals surface area contributed by atoms with Crippen LogP contribution in [0.3, 0.4) is 0 Å². The third-order valence-corrected chi connectivity index (χ3v) is 1.57. The molecule has 1 unspecified atom stereocenters. The Balaban J connectivity index is 3.82. The Morgan fingerprint density at radius 2 is 1.75 bits per heavy atom. The SMILES string of the molecule is C#CCC(C)C(OCC)OCC.